The van der Waals surface area contributed by atoms with Crippen LogP contribution in [0, 0.1) is 6.92 Å². The minimum Gasteiger partial charge on any atom is -0.474 e. The molecule has 0 spiro atoms. The maximum atomic E-state index is 13.5. The molecule has 2 aromatic carbocycles. The molecule has 0 aliphatic carbocycles. The number of hydrogen-bond donors (Lipinski definition) is 1. The van der Waals surface area contributed by atoms with E-state index in [1.165, 1.54) is 4.90 Å². The van der Waals surface area contributed by atoms with Crippen LogP contribution in [0.2, 0.25) is 5.02 Å². The number of carbonyl (C=O) groups is 2. The van der Waals surface area contributed by atoms with Crippen LogP contribution in [0.5, 0.6) is 0 Å². The van der Waals surface area contributed by atoms with E-state index in [0.717, 1.165) is 5.56 Å². The minimum absolute atomic E-state index is 0.0528. The summed E-state index contributed by atoms with van der Waals surface area (Å²) in [6.45, 7) is 5.36. The highest BCUT2D eigenvalue weighted by Crippen LogP contribution is 2.32. The summed E-state index contributed by atoms with van der Waals surface area (Å²) < 4.78 is 11.1. The van der Waals surface area contributed by atoms with Gasteiger partial charge in [-0.3, -0.25) is 14.5 Å². The van der Waals surface area contributed by atoms with Crippen molar-refractivity contribution in [3.63, 3.8) is 0 Å². The van der Waals surface area contributed by atoms with Crippen LogP contribution in [0.4, 0.5) is 5.69 Å². The monoisotopic (exact) mass is 428 g/mol. The lowest BCUT2D eigenvalue weighted by Crippen LogP contribution is -2.57. The second-order valence-electron chi connectivity index (χ2n) is 7.58. The molecule has 1 N–H and O–H groups in total. The van der Waals surface area contributed by atoms with Gasteiger partial charge >= 0.3 is 0 Å². The Bertz CT molecular complexity index is 986. The molecule has 1 aliphatic heterocycles. The summed E-state index contributed by atoms with van der Waals surface area (Å²) >= 11 is 6.07. The van der Waals surface area contributed by atoms with Crippen molar-refractivity contribution >= 4 is 34.7 Å². The van der Waals surface area contributed by atoms with E-state index in [-0.39, 0.29) is 25.2 Å². The van der Waals surface area contributed by atoms with E-state index in [2.05, 4.69) is 5.32 Å². The molecular weight excluding hydrogens is 404 g/mol. The van der Waals surface area contributed by atoms with Crippen LogP contribution >= 0.6 is 11.6 Å². The van der Waals surface area contributed by atoms with Gasteiger partial charge in [0.05, 0.1) is 5.57 Å². The number of nitrogens with zero attached hydrogens (tertiary/aromatic N) is 1. The zero-order chi connectivity index (χ0) is 21.9. The Hall–Kier alpha value is -2.83. The lowest BCUT2D eigenvalue weighted by atomic mass is 9.96. The predicted octanol–water partition coefficient (Wildman–Crippen LogP) is 4.24. The number of ether oxygens (including phenoxy) is 2. The Balaban J connectivity index is 1.91. The molecule has 30 heavy (non-hydrogen) atoms. The van der Waals surface area contributed by atoms with Crippen molar-refractivity contribution < 1.29 is 19.1 Å². The van der Waals surface area contributed by atoms with Crippen molar-refractivity contribution in [2.75, 3.05) is 25.8 Å². The number of rotatable bonds is 6. The molecule has 0 radical (unpaired) electrons. The fraction of sp³-hybridized carbons (Fsp3) is 0.304. The van der Waals surface area contributed by atoms with Crippen molar-refractivity contribution in [1.29, 1.82) is 0 Å². The quantitative estimate of drug-likeness (QED) is 0.747. The van der Waals surface area contributed by atoms with E-state index in [9.17, 15) is 9.59 Å². The van der Waals surface area contributed by atoms with Crippen molar-refractivity contribution in [2.45, 2.75) is 26.3 Å². The first-order valence-electron chi connectivity index (χ1n) is 9.55. The Kier molecular flexibility index (Phi) is 6.48. The van der Waals surface area contributed by atoms with E-state index < -0.39 is 5.54 Å². The van der Waals surface area contributed by atoms with Crippen LogP contribution in [-0.4, -0.2) is 42.7 Å². The van der Waals surface area contributed by atoms with Crippen molar-refractivity contribution in [3.05, 3.63) is 70.4 Å². The SMILES string of the molecule is COCC1=C(c2ccccc2)C(=O)N(C(C)(C)C(=O)Nc2cc(Cl)ccc2C)CO1. The van der Waals surface area contributed by atoms with E-state index in [1.807, 2.05) is 43.3 Å². The van der Waals surface area contributed by atoms with Crippen LogP contribution in [0.15, 0.2) is 54.3 Å². The summed E-state index contributed by atoms with van der Waals surface area (Å²) in [7, 11) is 1.54. The number of halogens is 1. The van der Waals surface area contributed by atoms with Gasteiger partial charge in [0.25, 0.3) is 5.91 Å². The van der Waals surface area contributed by atoms with Crippen molar-refractivity contribution in [1.82, 2.24) is 4.90 Å². The highest BCUT2D eigenvalue weighted by molar-refractivity contribution is 6.31. The van der Waals surface area contributed by atoms with E-state index in [1.54, 1.807) is 33.1 Å². The summed E-state index contributed by atoms with van der Waals surface area (Å²) in [6, 6.07) is 14.5. The third kappa shape index (κ3) is 4.35. The van der Waals surface area contributed by atoms with Crippen molar-refractivity contribution in [3.8, 4) is 0 Å². The highest BCUT2D eigenvalue weighted by atomic mass is 35.5. The van der Waals surface area contributed by atoms with Crippen molar-refractivity contribution in [2.24, 2.45) is 0 Å². The van der Waals surface area contributed by atoms with Gasteiger partial charge in [-0.15, -0.1) is 0 Å². The van der Waals surface area contributed by atoms with Crippen LogP contribution in [0.3, 0.4) is 0 Å². The third-order valence-corrected chi connectivity index (χ3v) is 5.36. The molecular formula is C23H25ClN2O4. The molecule has 0 bridgehead atoms. The van der Waals surface area contributed by atoms with Crippen LogP contribution in [0.1, 0.15) is 25.0 Å². The largest absolute Gasteiger partial charge is 0.474 e. The fourth-order valence-corrected chi connectivity index (χ4v) is 3.38. The number of carbonyl (C=O) groups excluding carboxylic acids is 2. The van der Waals surface area contributed by atoms with Crippen LogP contribution < -0.4 is 5.32 Å². The maximum Gasteiger partial charge on any atom is 0.261 e. The summed E-state index contributed by atoms with van der Waals surface area (Å²) in [4.78, 5) is 28.0. The zero-order valence-corrected chi connectivity index (χ0v) is 18.2. The third-order valence-electron chi connectivity index (χ3n) is 5.12. The normalized spacial score (nSPS) is 14.6. The molecule has 2 amide bonds. The molecule has 0 saturated heterocycles. The minimum atomic E-state index is -1.18. The molecule has 1 aliphatic rings. The summed E-state index contributed by atoms with van der Waals surface area (Å²) in [5, 5.41) is 3.40. The Morgan fingerprint density at radius 1 is 1.23 bits per heavy atom. The van der Waals surface area contributed by atoms with Gasteiger partial charge in [-0.25, -0.2) is 0 Å². The number of anilines is 1. The van der Waals surface area contributed by atoms with Gasteiger partial charge < -0.3 is 14.8 Å². The average molecular weight is 429 g/mol. The number of methoxy groups -OCH3 is 1. The number of benzene rings is 2. The Morgan fingerprint density at radius 2 is 1.93 bits per heavy atom. The average Bonchev–Trinajstić information content (AvgIpc) is 2.71. The van der Waals surface area contributed by atoms with Crippen LogP contribution in [-0.2, 0) is 19.1 Å². The summed E-state index contributed by atoms with van der Waals surface area (Å²) in [5.74, 6) is -0.179. The molecule has 2 aromatic rings. The zero-order valence-electron chi connectivity index (χ0n) is 17.5. The lowest BCUT2D eigenvalue weighted by molar-refractivity contribution is -0.147. The van der Waals surface area contributed by atoms with Gasteiger partial charge in [-0.05, 0) is 44.0 Å². The van der Waals surface area contributed by atoms with Gasteiger partial charge in [0.1, 0.15) is 17.9 Å². The van der Waals surface area contributed by atoms with Gasteiger partial charge in [-0.2, -0.15) is 0 Å². The number of nitrogens with one attached hydrogen (secondary N) is 1. The second kappa shape index (κ2) is 8.90. The van der Waals surface area contributed by atoms with Gasteiger partial charge in [-0.1, -0.05) is 48.0 Å². The van der Waals surface area contributed by atoms with Gasteiger partial charge in [0.15, 0.2) is 6.73 Å². The predicted molar refractivity (Wildman–Crippen MR) is 117 cm³/mol. The van der Waals surface area contributed by atoms with Gasteiger partial charge in [0.2, 0.25) is 5.91 Å². The molecule has 1 heterocycles. The number of aryl methyl sites for hydroxylation is 1. The molecule has 0 aromatic heterocycles. The summed E-state index contributed by atoms with van der Waals surface area (Å²) in [6.07, 6.45) is 0. The maximum absolute atomic E-state index is 13.5. The first kappa shape index (κ1) is 21.9. The number of hydrogen-bond acceptors (Lipinski definition) is 4. The second-order valence-corrected chi connectivity index (χ2v) is 8.01. The van der Waals surface area contributed by atoms with E-state index in [0.29, 0.717) is 27.6 Å². The Morgan fingerprint density at radius 3 is 2.60 bits per heavy atom. The topological polar surface area (TPSA) is 67.9 Å². The molecule has 158 valence electrons. The molecule has 7 heteroatoms. The smallest absolute Gasteiger partial charge is 0.261 e. The van der Waals surface area contributed by atoms with Crippen LogP contribution in [0.25, 0.3) is 5.57 Å². The first-order chi connectivity index (χ1) is 14.3. The molecule has 0 atom stereocenters. The molecule has 6 nitrogen and oxygen atoms in total. The lowest BCUT2D eigenvalue weighted by Gasteiger charge is -2.40. The fourth-order valence-electron chi connectivity index (χ4n) is 3.20. The molecule has 0 saturated carbocycles. The van der Waals surface area contributed by atoms with E-state index >= 15 is 0 Å². The first-order valence-corrected chi connectivity index (χ1v) is 9.93. The standard InChI is InChI=1S/C23H25ClN2O4/c1-15-10-11-17(24)12-18(15)25-22(28)23(2,3)26-14-30-19(13-29-4)20(21(26)27)16-8-6-5-7-9-16/h5-12H,13-14H2,1-4H3,(H,25,28). The van der Waals surface area contributed by atoms with E-state index in [4.69, 9.17) is 21.1 Å². The Labute approximate surface area is 181 Å². The summed E-state index contributed by atoms with van der Waals surface area (Å²) in [5.41, 5.74) is 1.40. The molecule has 3 rings (SSSR count). The molecule has 0 fully saturated rings. The highest BCUT2D eigenvalue weighted by Gasteiger charge is 2.43. The number of amides is 2. The molecule has 0 unspecified atom stereocenters. The van der Waals surface area contributed by atoms with Gasteiger partial charge in [0, 0.05) is 17.8 Å².